The molecule has 0 saturated carbocycles. The van der Waals surface area contributed by atoms with E-state index >= 15 is 0 Å². The number of hydrogen-bond donors (Lipinski definition) is 3. The number of rotatable bonds is 8. The summed E-state index contributed by atoms with van der Waals surface area (Å²) < 4.78 is 6.98. The Kier molecular flexibility index (Phi) is 7.55. The minimum absolute atomic E-state index is 0.113. The van der Waals surface area contributed by atoms with E-state index in [2.05, 4.69) is 15.8 Å². The van der Waals surface area contributed by atoms with E-state index in [-0.39, 0.29) is 17.9 Å². The molecule has 3 N–H and O–H groups in total. The van der Waals surface area contributed by atoms with E-state index in [9.17, 15) is 14.4 Å². The largest absolute Gasteiger partial charge is 0.497 e. The SMILES string of the molecule is COc1ccc(C(=O)NNC(=O)CCCCCn2c(=S)[nH]c3ccccc3c2=O)cc1. The van der Waals surface area contributed by atoms with Crippen molar-refractivity contribution < 1.29 is 14.3 Å². The molecule has 9 heteroatoms. The lowest BCUT2D eigenvalue weighted by Crippen LogP contribution is -2.41. The zero-order chi connectivity index (χ0) is 22.2. The summed E-state index contributed by atoms with van der Waals surface area (Å²) in [6.07, 6.45) is 2.35. The second kappa shape index (κ2) is 10.5. The number of carbonyl (C=O) groups excluding carboxylic acids is 2. The van der Waals surface area contributed by atoms with Gasteiger partial charge in [0.05, 0.1) is 18.0 Å². The number of methoxy groups -OCH3 is 1. The first-order valence-electron chi connectivity index (χ1n) is 9.94. The van der Waals surface area contributed by atoms with Crippen molar-refractivity contribution in [2.45, 2.75) is 32.2 Å². The molecule has 162 valence electrons. The van der Waals surface area contributed by atoms with Crippen LogP contribution in [-0.4, -0.2) is 28.5 Å². The van der Waals surface area contributed by atoms with Crippen molar-refractivity contribution in [1.82, 2.24) is 20.4 Å². The molecule has 0 unspecified atom stereocenters. The van der Waals surface area contributed by atoms with Crippen LogP contribution in [-0.2, 0) is 11.3 Å². The maximum atomic E-state index is 12.6. The number of hydrazine groups is 1. The van der Waals surface area contributed by atoms with Crippen LogP contribution in [0.2, 0.25) is 0 Å². The van der Waals surface area contributed by atoms with Gasteiger partial charge in [0, 0.05) is 18.5 Å². The molecule has 0 atom stereocenters. The fraction of sp³-hybridized carbons (Fsp3) is 0.273. The van der Waals surface area contributed by atoms with Crippen LogP contribution in [0.15, 0.2) is 53.3 Å². The van der Waals surface area contributed by atoms with Gasteiger partial charge in [-0.2, -0.15) is 0 Å². The Bertz CT molecular complexity index is 1180. The third-order valence-corrected chi connectivity index (χ3v) is 5.17. The van der Waals surface area contributed by atoms with Gasteiger partial charge in [-0.3, -0.25) is 29.8 Å². The molecule has 0 fully saturated rings. The molecule has 3 aromatic rings. The predicted molar refractivity (Wildman–Crippen MR) is 120 cm³/mol. The molecule has 0 aliphatic carbocycles. The molecule has 0 saturated heterocycles. The first-order valence-corrected chi connectivity index (χ1v) is 10.4. The number of aromatic amines is 1. The third kappa shape index (κ3) is 5.79. The van der Waals surface area contributed by atoms with Gasteiger partial charge in [-0.1, -0.05) is 18.6 Å². The summed E-state index contributed by atoms with van der Waals surface area (Å²) in [5, 5.41) is 0.600. The molecule has 1 heterocycles. The molecule has 0 bridgehead atoms. The third-order valence-electron chi connectivity index (χ3n) is 4.84. The Morgan fingerprint density at radius 3 is 2.52 bits per heavy atom. The van der Waals surface area contributed by atoms with Gasteiger partial charge < -0.3 is 9.72 Å². The zero-order valence-corrected chi connectivity index (χ0v) is 18.0. The molecule has 2 amide bonds. The average molecular weight is 441 g/mol. The fourth-order valence-corrected chi connectivity index (χ4v) is 3.42. The number of nitrogens with one attached hydrogen (secondary N) is 3. The molecule has 0 aliphatic heterocycles. The van der Waals surface area contributed by atoms with Gasteiger partial charge in [0.1, 0.15) is 5.75 Å². The highest BCUT2D eigenvalue weighted by molar-refractivity contribution is 7.71. The van der Waals surface area contributed by atoms with Crippen molar-refractivity contribution >= 4 is 34.9 Å². The van der Waals surface area contributed by atoms with Gasteiger partial charge in [0.2, 0.25) is 5.91 Å². The number of para-hydroxylation sites is 1. The molecular weight excluding hydrogens is 416 g/mol. The summed E-state index contributed by atoms with van der Waals surface area (Å²) in [5.41, 5.74) is 5.83. The minimum Gasteiger partial charge on any atom is -0.497 e. The molecule has 1 aromatic heterocycles. The second-order valence-electron chi connectivity index (χ2n) is 6.97. The topological polar surface area (TPSA) is 105 Å². The molecule has 0 spiro atoms. The van der Waals surface area contributed by atoms with Gasteiger partial charge >= 0.3 is 0 Å². The van der Waals surface area contributed by atoms with Gasteiger partial charge in [-0.05, 0) is 61.5 Å². The number of ether oxygens (including phenoxy) is 1. The fourth-order valence-electron chi connectivity index (χ4n) is 3.14. The molecule has 3 rings (SSSR count). The van der Waals surface area contributed by atoms with Crippen LogP contribution < -0.4 is 21.1 Å². The van der Waals surface area contributed by atoms with Crippen molar-refractivity contribution in [1.29, 1.82) is 0 Å². The van der Waals surface area contributed by atoms with Crippen LogP contribution in [0.3, 0.4) is 0 Å². The molecular formula is C22H24N4O4S. The monoisotopic (exact) mass is 440 g/mol. The number of benzene rings is 2. The summed E-state index contributed by atoms with van der Waals surface area (Å²) in [7, 11) is 1.55. The second-order valence-corrected chi connectivity index (χ2v) is 7.36. The molecule has 0 aliphatic rings. The number of carbonyl (C=O) groups is 2. The Hall–Kier alpha value is -3.46. The molecule has 2 aromatic carbocycles. The Labute approximate surface area is 184 Å². The maximum absolute atomic E-state index is 12.6. The van der Waals surface area contributed by atoms with E-state index in [4.69, 9.17) is 17.0 Å². The van der Waals surface area contributed by atoms with Crippen LogP contribution in [0.4, 0.5) is 0 Å². The lowest BCUT2D eigenvalue weighted by Gasteiger charge is -2.09. The first kappa shape index (κ1) is 22.2. The van der Waals surface area contributed by atoms with E-state index in [1.807, 2.05) is 18.2 Å². The highest BCUT2D eigenvalue weighted by atomic mass is 32.1. The quantitative estimate of drug-likeness (QED) is 0.284. The van der Waals surface area contributed by atoms with Crippen LogP contribution in [0.1, 0.15) is 36.0 Å². The number of unbranched alkanes of at least 4 members (excludes halogenated alkanes) is 2. The predicted octanol–water partition coefficient (Wildman–Crippen LogP) is 3.09. The van der Waals surface area contributed by atoms with Crippen molar-refractivity contribution in [2.24, 2.45) is 0 Å². The van der Waals surface area contributed by atoms with Crippen LogP contribution >= 0.6 is 12.2 Å². The van der Waals surface area contributed by atoms with E-state index in [0.29, 0.717) is 40.9 Å². The van der Waals surface area contributed by atoms with Crippen molar-refractivity contribution in [3.8, 4) is 5.75 Å². The van der Waals surface area contributed by atoms with Gasteiger partial charge in [0.25, 0.3) is 11.5 Å². The van der Waals surface area contributed by atoms with Crippen molar-refractivity contribution in [3.63, 3.8) is 0 Å². The Balaban J connectivity index is 1.40. The highest BCUT2D eigenvalue weighted by Gasteiger charge is 2.08. The van der Waals surface area contributed by atoms with Crippen LogP contribution in [0, 0.1) is 4.77 Å². The zero-order valence-electron chi connectivity index (χ0n) is 17.1. The number of fused-ring (bicyclic) bond motifs is 1. The van der Waals surface area contributed by atoms with E-state index in [1.165, 1.54) is 0 Å². The van der Waals surface area contributed by atoms with Crippen LogP contribution in [0.5, 0.6) is 5.75 Å². The lowest BCUT2D eigenvalue weighted by molar-refractivity contribution is -0.122. The number of hydrogen-bond acceptors (Lipinski definition) is 5. The van der Waals surface area contributed by atoms with Crippen molar-refractivity contribution in [2.75, 3.05) is 7.11 Å². The van der Waals surface area contributed by atoms with E-state index in [0.717, 1.165) is 11.9 Å². The highest BCUT2D eigenvalue weighted by Crippen LogP contribution is 2.11. The van der Waals surface area contributed by atoms with E-state index < -0.39 is 5.91 Å². The van der Waals surface area contributed by atoms with Crippen molar-refractivity contribution in [3.05, 3.63) is 69.2 Å². The molecule has 0 radical (unpaired) electrons. The normalized spacial score (nSPS) is 10.6. The van der Waals surface area contributed by atoms with E-state index in [1.54, 1.807) is 42.0 Å². The molecule has 31 heavy (non-hydrogen) atoms. The lowest BCUT2D eigenvalue weighted by atomic mass is 10.2. The number of H-pyrrole nitrogens is 1. The standard InChI is InChI=1S/C22H24N4O4S/c1-30-16-12-10-15(11-13-16)20(28)25-24-19(27)9-3-2-6-14-26-21(29)17-7-4-5-8-18(17)23-22(26)31/h4-5,7-8,10-13H,2-3,6,9,14H2,1H3,(H,23,31)(H,24,27)(H,25,28). The summed E-state index contributed by atoms with van der Waals surface area (Å²) >= 11 is 5.30. The smallest absolute Gasteiger partial charge is 0.269 e. The summed E-state index contributed by atoms with van der Waals surface area (Å²) in [6.45, 7) is 0.481. The molecule has 8 nitrogen and oxygen atoms in total. The first-order chi connectivity index (χ1) is 15.0. The minimum atomic E-state index is -0.402. The van der Waals surface area contributed by atoms with Crippen LogP contribution in [0.25, 0.3) is 10.9 Å². The Morgan fingerprint density at radius 1 is 1.03 bits per heavy atom. The number of amides is 2. The van der Waals surface area contributed by atoms with Gasteiger partial charge in [0.15, 0.2) is 4.77 Å². The number of aromatic nitrogens is 2. The Morgan fingerprint density at radius 2 is 1.77 bits per heavy atom. The summed E-state index contributed by atoms with van der Waals surface area (Å²) in [4.78, 5) is 39.6. The number of nitrogens with zero attached hydrogens (tertiary/aromatic N) is 1. The van der Waals surface area contributed by atoms with Gasteiger partial charge in [-0.25, -0.2) is 0 Å². The summed E-state index contributed by atoms with van der Waals surface area (Å²) in [6, 6.07) is 13.8. The average Bonchev–Trinajstić information content (AvgIpc) is 2.79. The summed E-state index contributed by atoms with van der Waals surface area (Å²) in [5.74, 6) is -0.0319. The van der Waals surface area contributed by atoms with Gasteiger partial charge in [-0.15, -0.1) is 0 Å². The maximum Gasteiger partial charge on any atom is 0.269 e.